The van der Waals surface area contributed by atoms with Crippen molar-refractivity contribution in [2.45, 2.75) is 64.3 Å². The van der Waals surface area contributed by atoms with Crippen LogP contribution >= 0.6 is 11.6 Å². The molecule has 0 fully saturated rings. The number of benzene rings is 2. The summed E-state index contributed by atoms with van der Waals surface area (Å²) in [5.41, 5.74) is 3.03. The Hall–Kier alpha value is -2.99. The zero-order valence-electron chi connectivity index (χ0n) is 21.4. The van der Waals surface area contributed by atoms with Crippen LogP contribution in [0.5, 0.6) is 0 Å². The Morgan fingerprint density at radius 2 is 1.75 bits per heavy atom. The van der Waals surface area contributed by atoms with E-state index >= 15 is 0 Å². The van der Waals surface area contributed by atoms with Crippen LogP contribution in [-0.4, -0.2) is 43.1 Å². The molecule has 1 aromatic heterocycles. The van der Waals surface area contributed by atoms with Crippen LogP contribution in [0.15, 0.2) is 54.7 Å². The van der Waals surface area contributed by atoms with E-state index in [1.54, 1.807) is 12.1 Å². The maximum Gasteiger partial charge on any atom is 0.325 e. The van der Waals surface area contributed by atoms with Crippen molar-refractivity contribution >= 4 is 40.1 Å². The molecule has 7 heteroatoms. The van der Waals surface area contributed by atoms with Gasteiger partial charge in [-0.15, -0.1) is 0 Å². The Balaban J connectivity index is 1.72. The van der Waals surface area contributed by atoms with Gasteiger partial charge in [0.2, 0.25) is 5.91 Å². The van der Waals surface area contributed by atoms with Gasteiger partial charge in [0.15, 0.2) is 0 Å². The molecule has 1 atom stereocenters. The van der Waals surface area contributed by atoms with E-state index in [2.05, 4.69) is 23.3 Å². The second-order valence-corrected chi connectivity index (χ2v) is 9.59. The van der Waals surface area contributed by atoms with Crippen LogP contribution in [0.2, 0.25) is 5.02 Å². The number of hydrogen-bond acceptors (Lipinski definition) is 4. The van der Waals surface area contributed by atoms with E-state index in [4.69, 9.17) is 16.3 Å². The number of anilines is 1. The number of hydrogen-bond donors (Lipinski definition) is 2. The number of carbonyl (C=O) groups is 2. The van der Waals surface area contributed by atoms with Crippen LogP contribution in [0.1, 0.15) is 57.4 Å². The topological polar surface area (TPSA) is 74.4 Å². The van der Waals surface area contributed by atoms with E-state index in [1.165, 1.54) is 37.3 Å². The summed E-state index contributed by atoms with van der Waals surface area (Å²) in [5.74, 6) is -0.466. The molecule has 36 heavy (non-hydrogen) atoms. The zero-order chi connectivity index (χ0) is 25.8. The summed E-state index contributed by atoms with van der Waals surface area (Å²) in [7, 11) is 1.37. The average Bonchev–Trinajstić information content (AvgIpc) is 3.30. The number of ether oxygens (including phenoxy) is 1. The number of H-pyrrole nitrogens is 1. The maximum absolute atomic E-state index is 13.5. The first-order valence-electron chi connectivity index (χ1n) is 12.9. The number of para-hydroxylation sites is 1. The minimum absolute atomic E-state index is 0.00545. The fraction of sp³-hybridized carbons (Fsp3) is 0.448. The molecule has 2 aromatic carbocycles. The Kier molecular flexibility index (Phi) is 11.1. The van der Waals surface area contributed by atoms with Gasteiger partial charge in [0.05, 0.1) is 7.11 Å². The van der Waals surface area contributed by atoms with Gasteiger partial charge in [0, 0.05) is 34.4 Å². The minimum atomic E-state index is -0.487. The third kappa shape index (κ3) is 8.02. The molecule has 0 aliphatic carbocycles. The molecule has 3 rings (SSSR count). The van der Waals surface area contributed by atoms with Gasteiger partial charge in [-0.3, -0.25) is 9.59 Å². The Morgan fingerprint density at radius 3 is 2.50 bits per heavy atom. The minimum Gasteiger partial charge on any atom is -0.468 e. The number of amides is 1. The lowest BCUT2D eigenvalue weighted by Gasteiger charge is -2.32. The first kappa shape index (κ1) is 27.6. The average molecular weight is 512 g/mol. The molecule has 2 N–H and O–H groups in total. The highest BCUT2D eigenvalue weighted by atomic mass is 35.5. The van der Waals surface area contributed by atoms with E-state index in [1.807, 2.05) is 41.4 Å². The van der Waals surface area contributed by atoms with E-state index in [0.29, 0.717) is 18.0 Å². The summed E-state index contributed by atoms with van der Waals surface area (Å²) in [6.07, 6.45) is 10.1. The standard InChI is InChI=1S/C29H38ClN3O3/c1-3-4-5-6-7-8-13-27(33(21-28(34)36-2)24-16-14-23(30)15-17-24)29(35)31-19-18-22-20-32-26-12-10-9-11-25(22)26/h9-12,14-17,20,27,32H,3-8,13,18-19,21H2,1-2H3,(H,31,35)/t27-/m1/s1. The lowest BCUT2D eigenvalue weighted by molar-refractivity contribution is -0.139. The number of aromatic amines is 1. The molecule has 0 radical (unpaired) electrons. The van der Waals surface area contributed by atoms with Gasteiger partial charge in [0.25, 0.3) is 0 Å². The molecule has 6 nitrogen and oxygen atoms in total. The van der Waals surface area contributed by atoms with Crippen LogP contribution in [0.3, 0.4) is 0 Å². The van der Waals surface area contributed by atoms with Gasteiger partial charge in [-0.1, -0.05) is 75.2 Å². The molecular weight excluding hydrogens is 474 g/mol. The fourth-order valence-corrected chi connectivity index (χ4v) is 4.67. The number of fused-ring (bicyclic) bond motifs is 1. The summed E-state index contributed by atoms with van der Waals surface area (Å²) >= 11 is 6.10. The number of esters is 1. The number of unbranched alkanes of at least 4 members (excludes halogenated alkanes) is 5. The first-order chi connectivity index (χ1) is 17.5. The van der Waals surface area contributed by atoms with Crippen molar-refractivity contribution in [1.29, 1.82) is 0 Å². The quantitative estimate of drug-likeness (QED) is 0.186. The first-order valence-corrected chi connectivity index (χ1v) is 13.3. The van der Waals surface area contributed by atoms with E-state index in [-0.39, 0.29) is 18.4 Å². The highest BCUT2D eigenvalue weighted by Gasteiger charge is 2.28. The van der Waals surface area contributed by atoms with Crippen LogP contribution in [0, 0.1) is 0 Å². The molecule has 0 saturated heterocycles. The van der Waals surface area contributed by atoms with Crippen molar-refractivity contribution < 1.29 is 14.3 Å². The predicted octanol–water partition coefficient (Wildman–Crippen LogP) is 6.28. The largest absolute Gasteiger partial charge is 0.468 e. The van der Waals surface area contributed by atoms with Gasteiger partial charge in [0.1, 0.15) is 12.6 Å². The number of rotatable bonds is 15. The van der Waals surface area contributed by atoms with Crippen LogP contribution in [0.25, 0.3) is 10.9 Å². The van der Waals surface area contributed by atoms with Crippen LogP contribution < -0.4 is 10.2 Å². The molecule has 3 aromatic rings. The van der Waals surface area contributed by atoms with Crippen molar-refractivity contribution in [2.24, 2.45) is 0 Å². The molecule has 0 aliphatic heterocycles. The Labute approximate surface area is 219 Å². The zero-order valence-corrected chi connectivity index (χ0v) is 22.2. The van der Waals surface area contributed by atoms with Gasteiger partial charge in [-0.25, -0.2) is 0 Å². The molecule has 194 valence electrons. The monoisotopic (exact) mass is 511 g/mol. The van der Waals surface area contributed by atoms with E-state index in [9.17, 15) is 9.59 Å². The molecule has 0 spiro atoms. The lowest BCUT2D eigenvalue weighted by Crippen LogP contribution is -2.49. The third-order valence-corrected chi connectivity index (χ3v) is 6.82. The molecule has 0 saturated carbocycles. The van der Waals surface area contributed by atoms with Gasteiger partial charge in [-0.05, 0) is 48.7 Å². The summed E-state index contributed by atoms with van der Waals surface area (Å²) in [6.45, 7) is 2.71. The number of nitrogens with one attached hydrogen (secondary N) is 2. The van der Waals surface area contributed by atoms with Crippen molar-refractivity contribution in [3.63, 3.8) is 0 Å². The lowest BCUT2D eigenvalue weighted by atomic mass is 10.0. The Bertz CT molecular complexity index is 1100. The molecule has 0 bridgehead atoms. The molecule has 1 amide bonds. The molecule has 0 unspecified atom stereocenters. The Morgan fingerprint density at radius 1 is 1.03 bits per heavy atom. The maximum atomic E-state index is 13.5. The van der Waals surface area contributed by atoms with E-state index < -0.39 is 6.04 Å². The number of nitrogens with zero attached hydrogens (tertiary/aromatic N) is 1. The highest BCUT2D eigenvalue weighted by molar-refractivity contribution is 6.30. The number of carbonyl (C=O) groups excluding carboxylic acids is 2. The molecular formula is C29H38ClN3O3. The second kappa shape index (κ2) is 14.5. The number of aromatic nitrogens is 1. The van der Waals surface area contributed by atoms with Crippen molar-refractivity contribution in [1.82, 2.24) is 10.3 Å². The van der Waals surface area contributed by atoms with Crippen molar-refractivity contribution in [2.75, 3.05) is 25.1 Å². The SMILES string of the molecule is CCCCCCCC[C@H](C(=O)NCCc1c[nH]c2ccccc12)N(CC(=O)OC)c1ccc(Cl)cc1. The fourth-order valence-electron chi connectivity index (χ4n) is 4.54. The van der Waals surface area contributed by atoms with Gasteiger partial charge >= 0.3 is 5.97 Å². The number of halogens is 1. The van der Waals surface area contributed by atoms with Crippen LogP contribution in [0.4, 0.5) is 5.69 Å². The van der Waals surface area contributed by atoms with Crippen LogP contribution in [-0.2, 0) is 20.7 Å². The molecule has 1 heterocycles. The predicted molar refractivity (Wildman–Crippen MR) is 148 cm³/mol. The normalized spacial score (nSPS) is 11.9. The van der Waals surface area contributed by atoms with Crippen molar-refractivity contribution in [3.8, 4) is 0 Å². The third-order valence-electron chi connectivity index (χ3n) is 6.56. The highest BCUT2D eigenvalue weighted by Crippen LogP contribution is 2.24. The van der Waals surface area contributed by atoms with Gasteiger partial charge < -0.3 is 19.9 Å². The smallest absolute Gasteiger partial charge is 0.325 e. The van der Waals surface area contributed by atoms with E-state index in [0.717, 1.165) is 36.9 Å². The molecule has 0 aliphatic rings. The summed E-state index contributed by atoms with van der Waals surface area (Å²) in [6, 6.07) is 14.9. The summed E-state index contributed by atoms with van der Waals surface area (Å²) < 4.78 is 4.95. The van der Waals surface area contributed by atoms with Crippen molar-refractivity contribution in [3.05, 3.63) is 65.3 Å². The summed E-state index contributed by atoms with van der Waals surface area (Å²) in [4.78, 5) is 31.0. The van der Waals surface area contributed by atoms with Gasteiger partial charge in [-0.2, -0.15) is 0 Å². The summed E-state index contributed by atoms with van der Waals surface area (Å²) in [5, 5.41) is 4.90. The second-order valence-electron chi connectivity index (χ2n) is 9.15. The number of methoxy groups -OCH3 is 1.